The van der Waals surface area contributed by atoms with Crippen molar-refractivity contribution in [1.82, 2.24) is 0 Å². The molecule has 0 radical (unpaired) electrons. The molecule has 0 saturated carbocycles. The van der Waals surface area contributed by atoms with Crippen LogP contribution in [0.25, 0.3) is 11.6 Å². The van der Waals surface area contributed by atoms with E-state index in [9.17, 15) is 0 Å². The molecule has 0 aromatic heterocycles. The van der Waals surface area contributed by atoms with Gasteiger partial charge in [-0.2, -0.15) is 0 Å². The Kier molecular flexibility index (Phi) is 7.08. The van der Waals surface area contributed by atoms with Gasteiger partial charge in [-0.25, -0.2) is 0 Å². The summed E-state index contributed by atoms with van der Waals surface area (Å²) >= 11 is 5.88. The van der Waals surface area contributed by atoms with Gasteiger partial charge < -0.3 is 9.84 Å². The van der Waals surface area contributed by atoms with Gasteiger partial charge in [-0.05, 0) is 59.5 Å². The van der Waals surface area contributed by atoms with Gasteiger partial charge in [0.25, 0.3) is 5.97 Å². The summed E-state index contributed by atoms with van der Waals surface area (Å²) in [5, 5.41) is 8.14. The van der Waals surface area contributed by atoms with Crippen molar-refractivity contribution < 1.29 is 14.6 Å². The number of methoxy groups -OCH3 is 1. The van der Waals surface area contributed by atoms with Gasteiger partial charge in [0.2, 0.25) is 0 Å². The minimum Gasteiger partial charge on any atom is -0.504 e. The summed E-state index contributed by atoms with van der Waals surface area (Å²) in [4.78, 5) is 9.00. The average Bonchev–Trinajstić information content (AvgIpc) is 2.61. The topological polar surface area (TPSA) is 46.5 Å². The van der Waals surface area contributed by atoms with Gasteiger partial charge in [0.1, 0.15) is 0 Å². The predicted octanol–water partition coefficient (Wildman–Crippen LogP) is 5.23. The molecule has 3 rings (SSSR count). The predicted molar refractivity (Wildman–Crippen MR) is 106 cm³/mol. The molecule has 0 bridgehead atoms. The van der Waals surface area contributed by atoms with E-state index in [4.69, 9.17) is 26.2 Å². The van der Waals surface area contributed by atoms with Gasteiger partial charge in [0.15, 0.2) is 0 Å². The molecule has 0 atom stereocenters. The summed E-state index contributed by atoms with van der Waals surface area (Å²) in [6, 6.07) is 13.8. The molecular formula is C22H19ClO3. The van der Waals surface area contributed by atoms with Gasteiger partial charge in [-0.15, -0.1) is 0 Å². The molecule has 26 heavy (non-hydrogen) atoms. The molecule has 1 N–H and O–H groups in total. The molecule has 3 nitrogen and oxygen atoms in total. The number of ether oxygens (including phenoxy) is 1. The zero-order chi connectivity index (χ0) is 18.9. The fraction of sp³-hybridized carbons (Fsp3) is 0.136. The van der Waals surface area contributed by atoms with Crippen LogP contribution in [0.15, 0.2) is 54.8 Å². The van der Waals surface area contributed by atoms with Crippen LogP contribution in [0.4, 0.5) is 0 Å². The number of allylic oxidation sites excluding steroid dienone is 2. The number of aliphatic carboxylic acids is 1. The van der Waals surface area contributed by atoms with E-state index in [1.54, 1.807) is 13.4 Å². The van der Waals surface area contributed by atoms with Gasteiger partial charge in [0.05, 0.1) is 13.4 Å². The van der Waals surface area contributed by atoms with Crippen molar-refractivity contribution in [3.8, 4) is 11.8 Å². The number of hydrogen-bond donors (Lipinski definition) is 1. The van der Waals surface area contributed by atoms with Crippen molar-refractivity contribution in [3.05, 3.63) is 82.1 Å². The standard InChI is InChI=1S/C20H15ClO.C2H4O2/c1-22-14-18-4-2-3-17-10-7-16(13-20(17)18)6-5-15-8-11-19(21)12-9-15;1-2(3)4/h2-3,7-14H,4H2,1H3;1H3,(H,3,4). The van der Waals surface area contributed by atoms with Gasteiger partial charge in [-0.3, -0.25) is 4.79 Å². The molecule has 2 aromatic rings. The molecule has 0 spiro atoms. The van der Waals surface area contributed by atoms with Crippen molar-refractivity contribution in [1.29, 1.82) is 0 Å². The van der Waals surface area contributed by atoms with Crippen LogP contribution < -0.4 is 0 Å². The fourth-order valence-electron chi connectivity index (χ4n) is 2.41. The SMILES string of the molecule is CC(=O)O.COC=C1CC=Cc2ccc(C#Cc3ccc(Cl)cc3)cc21. The summed E-state index contributed by atoms with van der Waals surface area (Å²) in [5.74, 6) is 5.54. The normalized spacial score (nSPS) is 13.0. The number of hydrogen-bond acceptors (Lipinski definition) is 2. The average molecular weight is 367 g/mol. The molecule has 0 aliphatic heterocycles. The molecule has 132 valence electrons. The van der Waals surface area contributed by atoms with Crippen molar-refractivity contribution in [2.24, 2.45) is 0 Å². The lowest BCUT2D eigenvalue weighted by atomic mass is 9.91. The monoisotopic (exact) mass is 366 g/mol. The molecule has 0 fully saturated rings. The van der Waals surface area contributed by atoms with Crippen LogP contribution in [-0.2, 0) is 9.53 Å². The van der Waals surface area contributed by atoms with E-state index >= 15 is 0 Å². The lowest BCUT2D eigenvalue weighted by Gasteiger charge is -2.14. The Labute approximate surface area is 158 Å². The first-order valence-electron chi connectivity index (χ1n) is 7.99. The second-order valence-electron chi connectivity index (χ2n) is 5.56. The Bertz CT molecular complexity index is 893. The third-order valence-electron chi connectivity index (χ3n) is 3.49. The first-order chi connectivity index (χ1) is 12.5. The number of carboxylic acids is 1. The molecule has 0 amide bonds. The molecule has 0 saturated heterocycles. The Morgan fingerprint density at radius 3 is 2.42 bits per heavy atom. The summed E-state index contributed by atoms with van der Waals surface area (Å²) in [6.07, 6.45) is 6.97. The number of rotatable bonds is 1. The molecule has 0 heterocycles. The van der Waals surface area contributed by atoms with Crippen molar-refractivity contribution in [2.45, 2.75) is 13.3 Å². The van der Waals surface area contributed by atoms with E-state index in [0.29, 0.717) is 0 Å². The van der Waals surface area contributed by atoms with Crippen LogP contribution in [0.1, 0.15) is 35.6 Å². The minimum absolute atomic E-state index is 0.723. The first-order valence-corrected chi connectivity index (χ1v) is 8.37. The Balaban J connectivity index is 0.000000552. The molecule has 1 aliphatic rings. The number of halogens is 1. The molecule has 4 heteroatoms. The van der Waals surface area contributed by atoms with Gasteiger partial charge in [0, 0.05) is 23.1 Å². The van der Waals surface area contributed by atoms with Crippen LogP contribution in [0, 0.1) is 11.8 Å². The number of carbonyl (C=O) groups is 1. The van der Waals surface area contributed by atoms with Crippen molar-refractivity contribution in [2.75, 3.05) is 7.11 Å². The maximum absolute atomic E-state index is 9.00. The van der Waals surface area contributed by atoms with E-state index in [0.717, 1.165) is 29.5 Å². The molecular weight excluding hydrogens is 348 g/mol. The Morgan fingerprint density at radius 1 is 1.15 bits per heavy atom. The molecule has 0 unspecified atom stereocenters. The smallest absolute Gasteiger partial charge is 0.300 e. The summed E-state index contributed by atoms with van der Waals surface area (Å²) < 4.78 is 5.17. The number of benzene rings is 2. The first kappa shape index (κ1) is 19.4. The summed E-state index contributed by atoms with van der Waals surface area (Å²) in [5.41, 5.74) is 5.51. The van der Waals surface area contributed by atoms with E-state index in [1.165, 1.54) is 16.7 Å². The Hall–Kier alpha value is -2.96. The van der Waals surface area contributed by atoms with E-state index in [-0.39, 0.29) is 0 Å². The minimum atomic E-state index is -0.833. The zero-order valence-corrected chi connectivity index (χ0v) is 15.4. The van der Waals surface area contributed by atoms with Gasteiger partial charge >= 0.3 is 0 Å². The quantitative estimate of drug-likeness (QED) is 0.555. The summed E-state index contributed by atoms with van der Waals surface area (Å²) in [6.45, 7) is 1.08. The highest BCUT2D eigenvalue weighted by Gasteiger charge is 2.10. The molecule has 1 aliphatic carbocycles. The largest absolute Gasteiger partial charge is 0.504 e. The lowest BCUT2D eigenvalue weighted by Crippen LogP contribution is -1.95. The third kappa shape index (κ3) is 5.84. The highest BCUT2D eigenvalue weighted by molar-refractivity contribution is 6.30. The van der Waals surface area contributed by atoms with Gasteiger partial charge in [-0.1, -0.05) is 41.7 Å². The summed E-state index contributed by atoms with van der Waals surface area (Å²) in [7, 11) is 1.68. The van der Waals surface area contributed by atoms with Crippen LogP contribution in [0.3, 0.4) is 0 Å². The van der Waals surface area contributed by atoms with Crippen LogP contribution in [-0.4, -0.2) is 18.2 Å². The van der Waals surface area contributed by atoms with Crippen LogP contribution >= 0.6 is 11.6 Å². The fourth-order valence-corrected chi connectivity index (χ4v) is 2.54. The van der Waals surface area contributed by atoms with Crippen LogP contribution in [0.2, 0.25) is 5.02 Å². The Morgan fingerprint density at radius 2 is 1.77 bits per heavy atom. The second-order valence-corrected chi connectivity index (χ2v) is 6.00. The van der Waals surface area contributed by atoms with Crippen molar-refractivity contribution in [3.63, 3.8) is 0 Å². The lowest BCUT2D eigenvalue weighted by molar-refractivity contribution is -0.134. The van der Waals surface area contributed by atoms with Crippen molar-refractivity contribution >= 4 is 29.2 Å². The highest BCUT2D eigenvalue weighted by Crippen LogP contribution is 2.29. The van der Waals surface area contributed by atoms with Crippen LogP contribution in [0.5, 0.6) is 0 Å². The maximum Gasteiger partial charge on any atom is 0.300 e. The second kappa shape index (κ2) is 9.50. The molecule has 2 aromatic carbocycles. The maximum atomic E-state index is 9.00. The highest BCUT2D eigenvalue weighted by atomic mass is 35.5. The van der Waals surface area contributed by atoms with E-state index < -0.39 is 5.97 Å². The zero-order valence-electron chi connectivity index (χ0n) is 14.6. The van der Waals surface area contributed by atoms with E-state index in [2.05, 4.69) is 36.1 Å². The number of carboxylic acid groups (broad SMARTS) is 1. The number of fused-ring (bicyclic) bond motifs is 1. The third-order valence-corrected chi connectivity index (χ3v) is 3.74. The van der Waals surface area contributed by atoms with E-state index in [1.807, 2.05) is 30.3 Å².